The van der Waals surface area contributed by atoms with Gasteiger partial charge in [-0.05, 0) is 42.3 Å². The highest BCUT2D eigenvalue weighted by molar-refractivity contribution is 6.30. The quantitative estimate of drug-likeness (QED) is 0.599. The molecule has 2 amide bonds. The average Bonchev–Trinajstić information content (AvgIpc) is 2.61. The van der Waals surface area contributed by atoms with Gasteiger partial charge in [0.15, 0.2) is 0 Å². The predicted octanol–water partition coefficient (Wildman–Crippen LogP) is 2.68. The van der Waals surface area contributed by atoms with Crippen molar-refractivity contribution in [2.24, 2.45) is 0 Å². The lowest BCUT2D eigenvalue weighted by atomic mass is 10.2. The van der Waals surface area contributed by atoms with Crippen molar-refractivity contribution < 1.29 is 9.59 Å². The van der Waals surface area contributed by atoms with E-state index in [1.54, 1.807) is 36.5 Å². The van der Waals surface area contributed by atoms with Crippen LogP contribution in [-0.2, 0) is 4.79 Å². The number of halogens is 1. The number of carbonyl (C=O) groups is 2. The maximum Gasteiger partial charge on any atom is 0.252 e. The van der Waals surface area contributed by atoms with Crippen LogP contribution in [0.3, 0.4) is 0 Å². The number of hydrogen-bond acceptors (Lipinski definition) is 3. The topological polar surface area (TPSA) is 71.1 Å². The van der Waals surface area contributed by atoms with Crippen LogP contribution in [0, 0.1) is 0 Å². The van der Waals surface area contributed by atoms with Gasteiger partial charge in [-0.25, -0.2) is 0 Å². The maximum atomic E-state index is 11.8. The fourth-order valence-corrected chi connectivity index (χ4v) is 2.03. The Kier molecular flexibility index (Phi) is 6.98. The first-order valence-electron chi connectivity index (χ1n) is 7.55. The van der Waals surface area contributed by atoms with E-state index in [0.717, 1.165) is 5.56 Å². The smallest absolute Gasteiger partial charge is 0.252 e. The van der Waals surface area contributed by atoms with Gasteiger partial charge in [0, 0.05) is 36.6 Å². The number of rotatable bonds is 7. The molecule has 6 heteroatoms. The summed E-state index contributed by atoms with van der Waals surface area (Å²) < 4.78 is 0. The number of nitrogens with one attached hydrogen (secondary N) is 2. The van der Waals surface area contributed by atoms with Crippen LogP contribution in [-0.4, -0.2) is 29.9 Å². The van der Waals surface area contributed by atoms with Gasteiger partial charge in [0.2, 0.25) is 5.91 Å². The van der Waals surface area contributed by atoms with Crippen LogP contribution in [0.5, 0.6) is 0 Å². The van der Waals surface area contributed by atoms with E-state index in [1.165, 1.54) is 12.3 Å². The highest BCUT2D eigenvalue weighted by Crippen LogP contribution is 2.10. The average molecular weight is 344 g/mol. The Morgan fingerprint density at radius 3 is 2.54 bits per heavy atom. The molecule has 2 N–H and O–H groups in total. The Labute approximate surface area is 145 Å². The number of amides is 2. The van der Waals surface area contributed by atoms with Crippen LogP contribution >= 0.6 is 11.6 Å². The Balaban J connectivity index is 1.62. The van der Waals surface area contributed by atoms with Crippen LogP contribution in [0.4, 0.5) is 0 Å². The van der Waals surface area contributed by atoms with E-state index in [9.17, 15) is 9.59 Å². The highest BCUT2D eigenvalue weighted by atomic mass is 35.5. The molecular weight excluding hydrogens is 326 g/mol. The summed E-state index contributed by atoms with van der Waals surface area (Å²) in [5.41, 5.74) is 1.42. The molecule has 0 fully saturated rings. The summed E-state index contributed by atoms with van der Waals surface area (Å²) in [5, 5.41) is 6.19. The molecule has 2 aromatic rings. The minimum Gasteiger partial charge on any atom is -0.352 e. The molecule has 2 rings (SSSR count). The molecule has 0 saturated carbocycles. The van der Waals surface area contributed by atoms with Gasteiger partial charge in [-0.1, -0.05) is 23.7 Å². The highest BCUT2D eigenvalue weighted by Gasteiger charge is 2.03. The number of benzene rings is 1. The summed E-state index contributed by atoms with van der Waals surface area (Å²) >= 11 is 5.80. The van der Waals surface area contributed by atoms with Gasteiger partial charge in [-0.2, -0.15) is 0 Å². The van der Waals surface area contributed by atoms with E-state index in [-0.39, 0.29) is 11.8 Å². The van der Waals surface area contributed by atoms with Gasteiger partial charge in [-0.15, -0.1) is 0 Å². The Morgan fingerprint density at radius 2 is 1.83 bits per heavy atom. The fraction of sp³-hybridized carbons (Fsp3) is 0.167. The molecule has 0 atom stereocenters. The monoisotopic (exact) mass is 343 g/mol. The van der Waals surface area contributed by atoms with E-state index >= 15 is 0 Å². The third kappa shape index (κ3) is 6.22. The Hall–Kier alpha value is -2.66. The van der Waals surface area contributed by atoms with Crippen molar-refractivity contribution in [1.29, 1.82) is 0 Å². The van der Waals surface area contributed by atoms with Gasteiger partial charge in [0.05, 0.1) is 5.56 Å². The van der Waals surface area contributed by atoms with E-state index in [0.29, 0.717) is 30.1 Å². The van der Waals surface area contributed by atoms with Gasteiger partial charge in [0.25, 0.3) is 5.91 Å². The molecule has 0 aliphatic carbocycles. The van der Waals surface area contributed by atoms with Crippen molar-refractivity contribution in [1.82, 2.24) is 15.6 Å². The molecule has 24 heavy (non-hydrogen) atoms. The molecule has 0 bridgehead atoms. The molecule has 124 valence electrons. The lowest BCUT2D eigenvalue weighted by Crippen LogP contribution is -2.29. The second-order valence-electron chi connectivity index (χ2n) is 5.03. The van der Waals surface area contributed by atoms with Crippen molar-refractivity contribution in [3.8, 4) is 0 Å². The second-order valence-corrected chi connectivity index (χ2v) is 5.46. The zero-order chi connectivity index (χ0) is 17.2. The van der Waals surface area contributed by atoms with E-state index in [2.05, 4.69) is 15.6 Å². The third-order valence-electron chi connectivity index (χ3n) is 3.16. The summed E-state index contributed by atoms with van der Waals surface area (Å²) in [4.78, 5) is 27.3. The molecule has 1 heterocycles. The first-order valence-corrected chi connectivity index (χ1v) is 7.92. The van der Waals surface area contributed by atoms with Crippen molar-refractivity contribution in [3.05, 3.63) is 71.0 Å². The standard InChI is InChI=1S/C18H18ClN3O2/c19-16-7-4-14(5-8-16)6-9-17(23)21-11-2-12-22-18(24)15-3-1-10-20-13-15/h1,3-10,13H,2,11-12H2,(H,21,23)(H,22,24)/b9-6+. The van der Waals surface area contributed by atoms with Crippen LogP contribution in [0.25, 0.3) is 6.08 Å². The lowest BCUT2D eigenvalue weighted by molar-refractivity contribution is -0.116. The minimum atomic E-state index is -0.177. The molecule has 0 saturated heterocycles. The zero-order valence-corrected chi connectivity index (χ0v) is 13.8. The summed E-state index contributed by atoms with van der Waals surface area (Å²) in [6.07, 6.45) is 6.96. The molecule has 0 aliphatic rings. The van der Waals surface area contributed by atoms with Crippen LogP contribution in [0.15, 0.2) is 54.9 Å². The van der Waals surface area contributed by atoms with Crippen LogP contribution in [0.2, 0.25) is 5.02 Å². The van der Waals surface area contributed by atoms with Gasteiger partial charge in [0.1, 0.15) is 0 Å². The molecule has 0 aliphatic heterocycles. The Bertz CT molecular complexity index is 700. The van der Waals surface area contributed by atoms with E-state index in [4.69, 9.17) is 11.6 Å². The van der Waals surface area contributed by atoms with Gasteiger partial charge < -0.3 is 10.6 Å². The molecule has 5 nitrogen and oxygen atoms in total. The lowest BCUT2D eigenvalue weighted by Gasteiger charge is -2.05. The molecule has 0 spiro atoms. The number of pyridine rings is 1. The number of hydrogen-bond donors (Lipinski definition) is 2. The van der Waals surface area contributed by atoms with Crippen LogP contribution in [0.1, 0.15) is 22.3 Å². The SMILES string of the molecule is O=C(/C=C/c1ccc(Cl)cc1)NCCCNC(=O)c1cccnc1. The van der Waals surface area contributed by atoms with E-state index in [1.807, 2.05) is 12.1 Å². The maximum absolute atomic E-state index is 11.8. The second kappa shape index (κ2) is 9.47. The van der Waals surface area contributed by atoms with Crippen molar-refractivity contribution in [3.63, 3.8) is 0 Å². The molecule has 1 aromatic heterocycles. The normalized spacial score (nSPS) is 10.5. The summed E-state index contributed by atoms with van der Waals surface area (Å²) in [6, 6.07) is 10.6. The molecule has 0 unspecified atom stereocenters. The summed E-state index contributed by atoms with van der Waals surface area (Å²) in [6.45, 7) is 0.964. The number of nitrogens with zero attached hydrogens (tertiary/aromatic N) is 1. The van der Waals surface area contributed by atoms with Crippen molar-refractivity contribution in [2.45, 2.75) is 6.42 Å². The Morgan fingerprint density at radius 1 is 1.08 bits per heavy atom. The third-order valence-corrected chi connectivity index (χ3v) is 3.41. The number of aromatic nitrogens is 1. The molecular formula is C18H18ClN3O2. The van der Waals surface area contributed by atoms with Crippen molar-refractivity contribution >= 4 is 29.5 Å². The van der Waals surface area contributed by atoms with Gasteiger partial charge in [-0.3, -0.25) is 14.6 Å². The van der Waals surface area contributed by atoms with Crippen LogP contribution < -0.4 is 10.6 Å². The predicted molar refractivity (Wildman–Crippen MR) is 94.7 cm³/mol. The molecule has 0 radical (unpaired) electrons. The largest absolute Gasteiger partial charge is 0.352 e. The number of carbonyl (C=O) groups excluding carboxylic acids is 2. The minimum absolute atomic E-state index is 0.169. The zero-order valence-electron chi connectivity index (χ0n) is 13.0. The first kappa shape index (κ1) is 17.7. The summed E-state index contributed by atoms with van der Waals surface area (Å²) in [5.74, 6) is -0.347. The van der Waals surface area contributed by atoms with Gasteiger partial charge >= 0.3 is 0 Å². The summed E-state index contributed by atoms with van der Waals surface area (Å²) in [7, 11) is 0. The van der Waals surface area contributed by atoms with E-state index < -0.39 is 0 Å². The fourth-order valence-electron chi connectivity index (χ4n) is 1.91. The van der Waals surface area contributed by atoms with Crippen molar-refractivity contribution in [2.75, 3.05) is 13.1 Å². The molecule has 1 aromatic carbocycles. The first-order chi connectivity index (χ1) is 11.6.